The smallest absolute Gasteiger partial charge is 0.409 e. The maximum absolute atomic E-state index is 12.4. The van der Waals surface area contributed by atoms with E-state index in [1.165, 1.54) is 0 Å². The predicted octanol–water partition coefficient (Wildman–Crippen LogP) is 1.81. The van der Waals surface area contributed by atoms with Gasteiger partial charge in [-0.25, -0.2) is 4.79 Å². The second kappa shape index (κ2) is 7.42. The number of fused-ring (bicyclic) bond motifs is 1. The van der Waals surface area contributed by atoms with Gasteiger partial charge in [0, 0.05) is 24.7 Å². The standard InChI is InChI=1S/C17H22N2O5/c1-2-22-17(21)19-7-5-13(6-8-19)18-16(20)12-3-4-14-15(11-12)24-10-9-23-14/h3-4,11,13H,2,5-10H2,1H3,(H,18,20). The third kappa shape index (κ3) is 3.72. The van der Waals surface area contributed by atoms with E-state index < -0.39 is 0 Å². The number of hydrogen-bond acceptors (Lipinski definition) is 5. The van der Waals surface area contributed by atoms with E-state index in [4.69, 9.17) is 14.2 Å². The molecule has 0 atom stereocenters. The molecule has 0 unspecified atom stereocenters. The van der Waals surface area contributed by atoms with Gasteiger partial charge in [-0.3, -0.25) is 4.79 Å². The summed E-state index contributed by atoms with van der Waals surface area (Å²) in [5.74, 6) is 1.13. The second-order valence-corrected chi connectivity index (χ2v) is 5.79. The van der Waals surface area contributed by atoms with Gasteiger partial charge in [-0.2, -0.15) is 0 Å². The summed E-state index contributed by atoms with van der Waals surface area (Å²) in [4.78, 5) is 25.8. The number of rotatable bonds is 3. The van der Waals surface area contributed by atoms with Gasteiger partial charge in [0.25, 0.3) is 5.91 Å². The molecule has 0 spiro atoms. The van der Waals surface area contributed by atoms with E-state index in [1.807, 2.05) is 0 Å². The lowest BCUT2D eigenvalue weighted by atomic mass is 10.0. The highest BCUT2D eigenvalue weighted by Gasteiger charge is 2.25. The van der Waals surface area contributed by atoms with E-state index >= 15 is 0 Å². The van der Waals surface area contributed by atoms with E-state index in [9.17, 15) is 9.59 Å². The Balaban J connectivity index is 1.53. The Morgan fingerprint density at radius 3 is 2.62 bits per heavy atom. The number of nitrogens with one attached hydrogen (secondary N) is 1. The molecule has 1 aromatic rings. The lowest BCUT2D eigenvalue weighted by molar-refractivity contribution is 0.0859. The molecule has 0 saturated carbocycles. The van der Waals surface area contributed by atoms with Gasteiger partial charge in [0.2, 0.25) is 0 Å². The zero-order valence-electron chi connectivity index (χ0n) is 13.7. The molecule has 0 bridgehead atoms. The number of likely N-dealkylation sites (tertiary alicyclic amines) is 1. The van der Waals surface area contributed by atoms with Gasteiger partial charge in [-0.15, -0.1) is 0 Å². The Morgan fingerprint density at radius 2 is 1.92 bits per heavy atom. The van der Waals surface area contributed by atoms with Crippen LogP contribution in [0.1, 0.15) is 30.1 Å². The van der Waals surface area contributed by atoms with Crippen LogP contribution in [0.25, 0.3) is 0 Å². The quantitative estimate of drug-likeness (QED) is 0.912. The number of carbonyl (C=O) groups is 2. The summed E-state index contributed by atoms with van der Waals surface area (Å²) in [6.45, 7) is 4.36. The molecule has 1 N–H and O–H groups in total. The highest BCUT2D eigenvalue weighted by Crippen LogP contribution is 2.30. The topological polar surface area (TPSA) is 77.1 Å². The minimum Gasteiger partial charge on any atom is -0.486 e. The van der Waals surface area contributed by atoms with Crippen molar-refractivity contribution >= 4 is 12.0 Å². The maximum atomic E-state index is 12.4. The number of benzene rings is 1. The Hall–Kier alpha value is -2.44. The summed E-state index contributed by atoms with van der Waals surface area (Å²) in [6, 6.07) is 5.25. The van der Waals surface area contributed by atoms with Crippen LogP contribution in [0.4, 0.5) is 4.79 Å². The number of piperidine rings is 1. The minimum atomic E-state index is -0.283. The first-order valence-corrected chi connectivity index (χ1v) is 8.29. The second-order valence-electron chi connectivity index (χ2n) is 5.79. The van der Waals surface area contributed by atoms with Gasteiger partial charge in [0.1, 0.15) is 13.2 Å². The molecule has 3 rings (SSSR count). The van der Waals surface area contributed by atoms with Crippen LogP contribution >= 0.6 is 0 Å². The summed E-state index contributed by atoms with van der Waals surface area (Å²) in [7, 11) is 0. The first-order chi connectivity index (χ1) is 11.7. The first kappa shape index (κ1) is 16.4. The Kier molecular flexibility index (Phi) is 5.08. The zero-order valence-corrected chi connectivity index (χ0v) is 13.7. The summed E-state index contributed by atoms with van der Waals surface area (Å²) in [5.41, 5.74) is 0.548. The van der Waals surface area contributed by atoms with E-state index in [2.05, 4.69) is 5.32 Å². The Labute approximate surface area is 140 Å². The summed E-state index contributed by atoms with van der Waals surface area (Å²) in [5, 5.41) is 3.02. The van der Waals surface area contributed by atoms with E-state index in [0.717, 1.165) is 12.8 Å². The molecule has 0 radical (unpaired) electrons. The summed E-state index contributed by atoms with van der Waals surface area (Å²) >= 11 is 0. The number of ether oxygens (including phenoxy) is 3. The van der Waals surface area contributed by atoms with Crippen molar-refractivity contribution in [2.24, 2.45) is 0 Å². The molecular weight excluding hydrogens is 312 g/mol. The fourth-order valence-corrected chi connectivity index (χ4v) is 2.87. The molecular formula is C17H22N2O5. The molecule has 2 aliphatic rings. The Morgan fingerprint density at radius 1 is 1.21 bits per heavy atom. The average Bonchev–Trinajstić information content (AvgIpc) is 2.62. The first-order valence-electron chi connectivity index (χ1n) is 8.29. The summed E-state index contributed by atoms with van der Waals surface area (Å²) in [6.07, 6.45) is 1.15. The van der Waals surface area contributed by atoms with Gasteiger partial charge in [-0.05, 0) is 38.0 Å². The highest BCUT2D eigenvalue weighted by atomic mass is 16.6. The Bertz CT molecular complexity index is 611. The van der Waals surface area contributed by atoms with Crippen molar-refractivity contribution in [3.63, 3.8) is 0 Å². The van der Waals surface area contributed by atoms with Crippen molar-refractivity contribution in [1.29, 1.82) is 0 Å². The molecule has 1 saturated heterocycles. The normalized spacial score (nSPS) is 17.3. The predicted molar refractivity (Wildman–Crippen MR) is 86.5 cm³/mol. The minimum absolute atomic E-state index is 0.0522. The molecule has 7 heteroatoms. The van der Waals surface area contributed by atoms with Crippen molar-refractivity contribution in [1.82, 2.24) is 10.2 Å². The third-order valence-corrected chi connectivity index (χ3v) is 4.16. The largest absolute Gasteiger partial charge is 0.486 e. The number of nitrogens with zero attached hydrogens (tertiary/aromatic N) is 1. The average molecular weight is 334 g/mol. The van der Waals surface area contributed by atoms with Crippen LogP contribution in [-0.2, 0) is 4.74 Å². The van der Waals surface area contributed by atoms with Crippen LogP contribution in [0.2, 0.25) is 0 Å². The molecule has 7 nitrogen and oxygen atoms in total. The van der Waals surface area contributed by atoms with Crippen LogP contribution < -0.4 is 14.8 Å². The van der Waals surface area contributed by atoms with Crippen molar-refractivity contribution in [2.75, 3.05) is 32.9 Å². The van der Waals surface area contributed by atoms with Crippen LogP contribution in [0, 0.1) is 0 Å². The van der Waals surface area contributed by atoms with Gasteiger partial charge in [-0.1, -0.05) is 0 Å². The molecule has 2 heterocycles. The van der Waals surface area contributed by atoms with E-state index in [-0.39, 0.29) is 18.0 Å². The number of carbonyl (C=O) groups excluding carboxylic acids is 2. The van der Waals surface area contributed by atoms with Crippen molar-refractivity contribution < 1.29 is 23.8 Å². The van der Waals surface area contributed by atoms with E-state index in [1.54, 1.807) is 30.0 Å². The van der Waals surface area contributed by atoms with Crippen molar-refractivity contribution in [2.45, 2.75) is 25.8 Å². The van der Waals surface area contributed by atoms with Gasteiger partial charge >= 0.3 is 6.09 Å². The fraction of sp³-hybridized carbons (Fsp3) is 0.529. The number of amides is 2. The SMILES string of the molecule is CCOC(=O)N1CCC(NC(=O)c2ccc3c(c2)OCCO3)CC1. The molecule has 0 aliphatic carbocycles. The van der Waals surface area contributed by atoms with Crippen LogP contribution in [-0.4, -0.2) is 55.9 Å². The molecule has 130 valence electrons. The van der Waals surface area contributed by atoms with Crippen molar-refractivity contribution in [3.8, 4) is 11.5 Å². The lowest BCUT2D eigenvalue weighted by Gasteiger charge is -2.31. The summed E-state index contributed by atoms with van der Waals surface area (Å²) < 4.78 is 16.0. The van der Waals surface area contributed by atoms with Crippen LogP contribution in [0.5, 0.6) is 11.5 Å². The molecule has 1 aromatic carbocycles. The van der Waals surface area contributed by atoms with Gasteiger partial charge in [0.15, 0.2) is 11.5 Å². The molecule has 1 fully saturated rings. The monoisotopic (exact) mass is 334 g/mol. The molecule has 24 heavy (non-hydrogen) atoms. The lowest BCUT2D eigenvalue weighted by Crippen LogP contribution is -2.46. The van der Waals surface area contributed by atoms with Crippen LogP contribution in [0.3, 0.4) is 0 Å². The van der Waals surface area contributed by atoms with Gasteiger partial charge < -0.3 is 24.4 Å². The van der Waals surface area contributed by atoms with Crippen molar-refractivity contribution in [3.05, 3.63) is 23.8 Å². The molecule has 0 aromatic heterocycles. The van der Waals surface area contributed by atoms with Gasteiger partial charge in [0.05, 0.1) is 6.61 Å². The van der Waals surface area contributed by atoms with Crippen LogP contribution in [0.15, 0.2) is 18.2 Å². The number of hydrogen-bond donors (Lipinski definition) is 1. The van der Waals surface area contributed by atoms with E-state index in [0.29, 0.717) is 50.0 Å². The highest BCUT2D eigenvalue weighted by molar-refractivity contribution is 5.95. The zero-order chi connectivity index (χ0) is 16.9. The third-order valence-electron chi connectivity index (χ3n) is 4.16. The fourth-order valence-electron chi connectivity index (χ4n) is 2.87. The molecule has 2 amide bonds. The molecule has 2 aliphatic heterocycles. The maximum Gasteiger partial charge on any atom is 0.409 e.